The smallest absolute Gasteiger partial charge is 0.258 e. The van der Waals surface area contributed by atoms with Crippen molar-refractivity contribution in [1.29, 1.82) is 0 Å². The minimum atomic E-state index is -0.157. The summed E-state index contributed by atoms with van der Waals surface area (Å²) in [6.07, 6.45) is 1.82. The average Bonchev–Trinajstić information content (AvgIpc) is 3.39. The second-order valence-corrected chi connectivity index (χ2v) is 6.81. The highest BCUT2D eigenvalue weighted by Gasteiger charge is 2.12. The van der Waals surface area contributed by atoms with Crippen LogP contribution in [-0.4, -0.2) is 43.7 Å². The molecule has 0 atom stereocenters. The van der Waals surface area contributed by atoms with Gasteiger partial charge in [0.05, 0.1) is 6.54 Å². The molecule has 0 aliphatic carbocycles. The SMILES string of the molecule is CCN(CC)c1ccc(C(=O)NCc2nnc3cc(-c4nc(C)no4)ccn23)cc1. The molecule has 0 radical (unpaired) electrons. The van der Waals surface area contributed by atoms with E-state index in [4.69, 9.17) is 4.52 Å². The van der Waals surface area contributed by atoms with Gasteiger partial charge >= 0.3 is 0 Å². The van der Waals surface area contributed by atoms with Crippen molar-refractivity contribution < 1.29 is 9.32 Å². The van der Waals surface area contributed by atoms with E-state index in [0.717, 1.165) is 24.3 Å². The first-order valence-electron chi connectivity index (χ1n) is 9.86. The van der Waals surface area contributed by atoms with Crippen LogP contribution in [0.15, 0.2) is 47.1 Å². The Morgan fingerprint density at radius 3 is 2.57 bits per heavy atom. The van der Waals surface area contributed by atoms with Crippen molar-refractivity contribution in [1.82, 2.24) is 30.1 Å². The lowest BCUT2D eigenvalue weighted by Gasteiger charge is -2.21. The van der Waals surface area contributed by atoms with Gasteiger partial charge in [0.15, 0.2) is 17.3 Å². The van der Waals surface area contributed by atoms with E-state index < -0.39 is 0 Å². The van der Waals surface area contributed by atoms with Gasteiger partial charge in [0.1, 0.15) is 0 Å². The first kappa shape index (κ1) is 19.6. The van der Waals surface area contributed by atoms with Gasteiger partial charge in [-0.2, -0.15) is 4.98 Å². The maximum atomic E-state index is 12.5. The van der Waals surface area contributed by atoms with Crippen molar-refractivity contribution >= 4 is 17.2 Å². The number of benzene rings is 1. The molecule has 3 aromatic heterocycles. The fraction of sp³-hybridized carbons (Fsp3) is 0.286. The van der Waals surface area contributed by atoms with Crippen LogP contribution in [0.4, 0.5) is 5.69 Å². The Morgan fingerprint density at radius 1 is 1.13 bits per heavy atom. The number of pyridine rings is 1. The Morgan fingerprint density at radius 2 is 1.90 bits per heavy atom. The van der Waals surface area contributed by atoms with E-state index in [1.54, 1.807) is 6.92 Å². The molecule has 0 spiro atoms. The lowest BCUT2D eigenvalue weighted by Crippen LogP contribution is -2.24. The summed E-state index contributed by atoms with van der Waals surface area (Å²) in [4.78, 5) is 19.0. The average molecular weight is 405 g/mol. The number of carbonyl (C=O) groups excluding carboxylic acids is 1. The highest BCUT2D eigenvalue weighted by atomic mass is 16.5. The zero-order chi connectivity index (χ0) is 21.1. The van der Waals surface area contributed by atoms with E-state index in [0.29, 0.717) is 28.8 Å². The standard InChI is InChI=1S/C21H23N7O2/c1-4-27(5-2)17-8-6-15(7-9-17)20(29)22-13-19-25-24-18-12-16(10-11-28(18)19)21-23-14(3)26-30-21/h6-12H,4-5,13H2,1-3H3,(H,22,29). The van der Waals surface area contributed by atoms with Crippen molar-refractivity contribution in [2.45, 2.75) is 27.3 Å². The number of hydrogen-bond acceptors (Lipinski definition) is 7. The Kier molecular flexibility index (Phi) is 5.42. The minimum absolute atomic E-state index is 0.157. The lowest BCUT2D eigenvalue weighted by molar-refractivity contribution is 0.0950. The maximum Gasteiger partial charge on any atom is 0.258 e. The van der Waals surface area contributed by atoms with Crippen LogP contribution in [0.5, 0.6) is 0 Å². The van der Waals surface area contributed by atoms with Crippen molar-refractivity contribution in [3.8, 4) is 11.5 Å². The molecule has 0 saturated carbocycles. The lowest BCUT2D eigenvalue weighted by atomic mass is 10.2. The van der Waals surface area contributed by atoms with Crippen LogP contribution < -0.4 is 10.2 Å². The summed E-state index contributed by atoms with van der Waals surface area (Å²) < 4.78 is 7.01. The number of amides is 1. The van der Waals surface area contributed by atoms with Gasteiger partial charge in [0.25, 0.3) is 11.8 Å². The number of hydrogen-bond donors (Lipinski definition) is 1. The van der Waals surface area contributed by atoms with Gasteiger partial charge in [0.2, 0.25) is 0 Å². The fourth-order valence-corrected chi connectivity index (χ4v) is 3.28. The molecule has 1 aromatic carbocycles. The monoisotopic (exact) mass is 405 g/mol. The summed E-state index contributed by atoms with van der Waals surface area (Å²) in [5, 5.41) is 15.1. The zero-order valence-corrected chi connectivity index (χ0v) is 17.2. The summed E-state index contributed by atoms with van der Waals surface area (Å²) in [6.45, 7) is 8.10. The van der Waals surface area contributed by atoms with Gasteiger partial charge in [-0.3, -0.25) is 9.20 Å². The number of nitrogens with one attached hydrogen (secondary N) is 1. The number of aromatic nitrogens is 5. The van der Waals surface area contributed by atoms with E-state index >= 15 is 0 Å². The van der Waals surface area contributed by atoms with Crippen LogP contribution in [0.25, 0.3) is 17.1 Å². The molecule has 0 fully saturated rings. The van der Waals surface area contributed by atoms with Gasteiger partial charge in [-0.05, 0) is 57.2 Å². The predicted octanol–water partition coefficient (Wildman–Crippen LogP) is 2.86. The van der Waals surface area contributed by atoms with Crippen LogP contribution in [0.2, 0.25) is 0 Å². The minimum Gasteiger partial charge on any atom is -0.372 e. The molecule has 1 N–H and O–H groups in total. The third-order valence-electron chi connectivity index (χ3n) is 4.92. The largest absolute Gasteiger partial charge is 0.372 e. The van der Waals surface area contributed by atoms with Gasteiger partial charge in [-0.15, -0.1) is 10.2 Å². The van der Waals surface area contributed by atoms with E-state index in [1.807, 2.05) is 47.0 Å². The molecular formula is C21H23N7O2. The number of fused-ring (bicyclic) bond motifs is 1. The molecule has 9 heteroatoms. The van der Waals surface area contributed by atoms with Gasteiger partial charge in [0, 0.05) is 36.1 Å². The molecule has 9 nitrogen and oxygen atoms in total. The van der Waals surface area contributed by atoms with Gasteiger partial charge in [-0.25, -0.2) is 0 Å². The second-order valence-electron chi connectivity index (χ2n) is 6.81. The molecule has 30 heavy (non-hydrogen) atoms. The first-order chi connectivity index (χ1) is 14.6. The second kappa shape index (κ2) is 8.32. The third-order valence-corrected chi connectivity index (χ3v) is 4.92. The highest BCUT2D eigenvalue weighted by Crippen LogP contribution is 2.19. The molecule has 1 amide bonds. The Labute approximate surface area is 173 Å². The van der Waals surface area contributed by atoms with Crippen LogP contribution in [0, 0.1) is 6.92 Å². The summed E-state index contributed by atoms with van der Waals surface area (Å²) in [5.41, 5.74) is 3.11. The Balaban J connectivity index is 1.45. The molecule has 0 bridgehead atoms. The first-order valence-corrected chi connectivity index (χ1v) is 9.86. The van der Waals surface area contributed by atoms with Crippen molar-refractivity contribution in [2.24, 2.45) is 0 Å². The van der Waals surface area contributed by atoms with Crippen LogP contribution in [0.3, 0.4) is 0 Å². The van der Waals surface area contributed by atoms with Gasteiger partial charge < -0.3 is 14.7 Å². The molecule has 0 aliphatic heterocycles. The number of carbonyl (C=O) groups is 1. The molecule has 0 aliphatic rings. The predicted molar refractivity (Wildman–Crippen MR) is 112 cm³/mol. The van der Waals surface area contributed by atoms with E-state index in [1.165, 1.54) is 0 Å². The van der Waals surface area contributed by atoms with Crippen molar-refractivity contribution in [3.05, 3.63) is 59.8 Å². The molecule has 0 unspecified atom stereocenters. The summed E-state index contributed by atoms with van der Waals surface area (Å²) in [6, 6.07) is 11.3. The van der Waals surface area contributed by atoms with Crippen molar-refractivity contribution in [2.75, 3.05) is 18.0 Å². The molecule has 4 rings (SSSR count). The van der Waals surface area contributed by atoms with E-state index in [9.17, 15) is 4.79 Å². The summed E-state index contributed by atoms with van der Waals surface area (Å²) in [7, 11) is 0. The summed E-state index contributed by atoms with van der Waals surface area (Å²) in [5.74, 6) is 1.48. The molecule has 0 saturated heterocycles. The zero-order valence-electron chi connectivity index (χ0n) is 17.2. The van der Waals surface area contributed by atoms with Crippen LogP contribution in [-0.2, 0) is 6.54 Å². The number of nitrogens with zero attached hydrogens (tertiary/aromatic N) is 6. The number of rotatable bonds is 7. The molecule has 154 valence electrons. The van der Waals surface area contributed by atoms with E-state index in [2.05, 4.69) is 44.4 Å². The molecular weight excluding hydrogens is 382 g/mol. The topological polar surface area (TPSA) is 101 Å². The number of anilines is 1. The Hall–Kier alpha value is -3.75. The molecule has 4 aromatic rings. The normalized spacial score (nSPS) is 11.0. The van der Waals surface area contributed by atoms with Crippen LogP contribution in [0.1, 0.15) is 35.9 Å². The third kappa shape index (κ3) is 3.86. The fourth-order valence-electron chi connectivity index (χ4n) is 3.28. The maximum absolute atomic E-state index is 12.5. The summed E-state index contributed by atoms with van der Waals surface area (Å²) >= 11 is 0. The quantitative estimate of drug-likeness (QED) is 0.504. The Bertz CT molecular complexity index is 1160. The van der Waals surface area contributed by atoms with Gasteiger partial charge in [-0.1, -0.05) is 5.16 Å². The number of aryl methyl sites for hydroxylation is 1. The highest BCUT2D eigenvalue weighted by molar-refractivity contribution is 5.94. The van der Waals surface area contributed by atoms with Crippen molar-refractivity contribution in [3.63, 3.8) is 0 Å². The van der Waals surface area contributed by atoms with Crippen LogP contribution >= 0.6 is 0 Å². The van der Waals surface area contributed by atoms with E-state index in [-0.39, 0.29) is 12.5 Å². The molecule has 3 heterocycles.